The molecule has 144 valence electrons. The zero-order valence-corrected chi connectivity index (χ0v) is 17.3. The number of aryl methyl sites for hydroxylation is 1. The predicted octanol–water partition coefficient (Wildman–Crippen LogP) is 7.03. The highest BCUT2D eigenvalue weighted by Crippen LogP contribution is 2.42. The Bertz CT molecular complexity index is 1190. The molecule has 0 radical (unpaired) electrons. The van der Waals surface area contributed by atoms with E-state index in [9.17, 15) is 4.39 Å². The lowest BCUT2D eigenvalue weighted by Gasteiger charge is -2.18. The van der Waals surface area contributed by atoms with E-state index in [1.165, 1.54) is 17.7 Å². The van der Waals surface area contributed by atoms with Crippen molar-refractivity contribution in [3.8, 4) is 16.2 Å². The molecule has 1 aromatic carbocycles. The smallest absolute Gasteiger partial charge is 0.205 e. The molecular formula is C20H15Cl2FN2O2S. The Hall–Kier alpha value is -2.28. The minimum atomic E-state index is -0.678. The Kier molecular flexibility index (Phi) is 4.95. The van der Waals surface area contributed by atoms with Crippen LogP contribution in [0.25, 0.3) is 21.4 Å². The molecule has 0 aliphatic rings. The number of anilines is 1. The highest BCUT2D eigenvalue weighted by Gasteiger charge is 2.23. The number of nitrogens with two attached hydrogens (primary N) is 1. The van der Waals surface area contributed by atoms with Gasteiger partial charge >= 0.3 is 0 Å². The summed E-state index contributed by atoms with van der Waals surface area (Å²) >= 11 is 13.9. The first-order valence-electron chi connectivity index (χ1n) is 8.38. The Balaban J connectivity index is 1.78. The van der Waals surface area contributed by atoms with Crippen LogP contribution in [0.2, 0.25) is 10.0 Å². The first kappa shape index (κ1) is 19.1. The number of hydrogen-bond acceptors (Lipinski definition) is 5. The molecule has 1 unspecified atom stereocenters. The SMILES string of the molecule is Cc1csc(-c2coc3c(OC(C)c4c(Cl)ccc(F)c4Cl)c(N)ncc23)c1. The lowest BCUT2D eigenvalue weighted by atomic mass is 10.1. The van der Waals surface area contributed by atoms with E-state index in [2.05, 4.69) is 16.4 Å². The molecule has 4 aromatic rings. The summed E-state index contributed by atoms with van der Waals surface area (Å²) in [4.78, 5) is 5.29. The van der Waals surface area contributed by atoms with Crippen LogP contribution in [0.15, 0.2) is 40.5 Å². The number of nitrogen functional groups attached to an aromatic ring is 1. The van der Waals surface area contributed by atoms with Gasteiger partial charge in [0.25, 0.3) is 0 Å². The van der Waals surface area contributed by atoms with Crippen LogP contribution in [0.3, 0.4) is 0 Å². The molecule has 3 aromatic heterocycles. The third kappa shape index (κ3) is 3.21. The van der Waals surface area contributed by atoms with Crippen LogP contribution in [0.4, 0.5) is 10.2 Å². The monoisotopic (exact) mass is 436 g/mol. The summed E-state index contributed by atoms with van der Waals surface area (Å²) in [6, 6.07) is 4.71. The van der Waals surface area contributed by atoms with Crippen LogP contribution in [0, 0.1) is 12.7 Å². The van der Waals surface area contributed by atoms with Crippen LogP contribution in [-0.2, 0) is 0 Å². The molecule has 0 bridgehead atoms. The summed E-state index contributed by atoms with van der Waals surface area (Å²) in [7, 11) is 0. The molecule has 0 fully saturated rings. The van der Waals surface area contributed by atoms with Gasteiger partial charge in [0, 0.05) is 27.2 Å². The quantitative estimate of drug-likeness (QED) is 0.348. The van der Waals surface area contributed by atoms with Crippen molar-refractivity contribution in [1.29, 1.82) is 0 Å². The Labute approximate surface area is 174 Å². The maximum Gasteiger partial charge on any atom is 0.205 e. The second-order valence-electron chi connectivity index (χ2n) is 6.37. The van der Waals surface area contributed by atoms with Gasteiger partial charge in [-0.1, -0.05) is 23.2 Å². The fourth-order valence-electron chi connectivity index (χ4n) is 3.01. The molecule has 1 atom stereocenters. The summed E-state index contributed by atoms with van der Waals surface area (Å²) in [5.41, 5.74) is 8.90. The van der Waals surface area contributed by atoms with Crippen molar-refractivity contribution in [2.24, 2.45) is 0 Å². The van der Waals surface area contributed by atoms with E-state index < -0.39 is 11.9 Å². The third-order valence-corrected chi connectivity index (χ3v) is 6.17. The van der Waals surface area contributed by atoms with Gasteiger partial charge in [0.2, 0.25) is 5.75 Å². The van der Waals surface area contributed by atoms with Crippen LogP contribution < -0.4 is 10.5 Å². The van der Waals surface area contributed by atoms with Crippen LogP contribution >= 0.6 is 34.5 Å². The van der Waals surface area contributed by atoms with E-state index in [4.69, 9.17) is 38.1 Å². The van der Waals surface area contributed by atoms with Crippen molar-refractivity contribution in [3.05, 3.63) is 63.0 Å². The van der Waals surface area contributed by atoms with Crippen molar-refractivity contribution in [2.75, 3.05) is 5.73 Å². The molecular weight excluding hydrogens is 422 g/mol. The summed E-state index contributed by atoms with van der Waals surface area (Å²) < 4.78 is 25.7. The fraction of sp³-hybridized carbons (Fsp3) is 0.150. The van der Waals surface area contributed by atoms with Gasteiger partial charge in [0.1, 0.15) is 18.2 Å². The van der Waals surface area contributed by atoms with Crippen molar-refractivity contribution < 1.29 is 13.5 Å². The van der Waals surface area contributed by atoms with Crippen molar-refractivity contribution in [1.82, 2.24) is 4.98 Å². The van der Waals surface area contributed by atoms with Gasteiger partial charge in [0.15, 0.2) is 11.4 Å². The number of ether oxygens (including phenoxy) is 1. The average molecular weight is 437 g/mol. The molecule has 3 heterocycles. The fourth-order valence-corrected chi connectivity index (χ4v) is 4.61. The molecule has 0 aliphatic carbocycles. The molecule has 4 nitrogen and oxygen atoms in total. The number of hydrogen-bond donors (Lipinski definition) is 1. The van der Waals surface area contributed by atoms with Crippen molar-refractivity contribution in [2.45, 2.75) is 20.0 Å². The number of nitrogens with zero attached hydrogens (tertiary/aromatic N) is 1. The largest absolute Gasteiger partial charge is 0.478 e. The first-order chi connectivity index (χ1) is 13.4. The Morgan fingerprint density at radius 1 is 1.32 bits per heavy atom. The first-order valence-corrected chi connectivity index (χ1v) is 10.0. The zero-order valence-electron chi connectivity index (χ0n) is 14.9. The van der Waals surface area contributed by atoms with Gasteiger partial charge in [-0.15, -0.1) is 11.3 Å². The number of halogens is 3. The second kappa shape index (κ2) is 7.28. The third-order valence-electron chi connectivity index (χ3n) is 4.38. The number of pyridine rings is 1. The van der Waals surface area contributed by atoms with Crippen LogP contribution in [0.5, 0.6) is 5.75 Å². The number of fused-ring (bicyclic) bond motifs is 1. The minimum Gasteiger partial charge on any atom is -0.478 e. The van der Waals surface area contributed by atoms with Gasteiger partial charge in [-0.3, -0.25) is 0 Å². The van der Waals surface area contributed by atoms with Gasteiger partial charge in [-0.2, -0.15) is 0 Å². The Morgan fingerprint density at radius 3 is 2.82 bits per heavy atom. The molecule has 2 N–H and O–H groups in total. The summed E-state index contributed by atoms with van der Waals surface area (Å²) in [5.74, 6) is -0.152. The summed E-state index contributed by atoms with van der Waals surface area (Å²) in [5, 5.41) is 3.04. The number of benzene rings is 1. The molecule has 0 saturated heterocycles. The summed E-state index contributed by atoms with van der Waals surface area (Å²) in [6.07, 6.45) is 2.62. The molecule has 8 heteroatoms. The predicted molar refractivity (Wildman–Crippen MR) is 112 cm³/mol. The van der Waals surface area contributed by atoms with E-state index in [0.29, 0.717) is 16.2 Å². The van der Waals surface area contributed by atoms with Crippen molar-refractivity contribution in [3.63, 3.8) is 0 Å². The van der Waals surface area contributed by atoms with Crippen LogP contribution in [-0.4, -0.2) is 4.98 Å². The standard InChI is InChI=1S/C20H15Cl2FN2O2S/c1-9-5-15(28-8-9)12-7-26-18-11(12)6-25-20(24)19(18)27-10(2)16-13(21)3-4-14(23)17(16)22/h3-8,10H,1-2H3,(H2,24,25). The van der Waals surface area contributed by atoms with E-state index >= 15 is 0 Å². The number of thiophene rings is 1. The van der Waals surface area contributed by atoms with Gasteiger partial charge < -0.3 is 14.9 Å². The van der Waals surface area contributed by atoms with Gasteiger partial charge in [-0.05, 0) is 43.0 Å². The van der Waals surface area contributed by atoms with Gasteiger partial charge in [0.05, 0.1) is 10.4 Å². The molecule has 0 amide bonds. The lowest BCUT2D eigenvalue weighted by molar-refractivity contribution is 0.227. The molecule has 0 saturated carbocycles. The number of rotatable bonds is 4. The maximum atomic E-state index is 13.9. The normalized spacial score (nSPS) is 12.5. The lowest BCUT2D eigenvalue weighted by Crippen LogP contribution is -2.08. The van der Waals surface area contributed by atoms with Crippen LogP contribution in [0.1, 0.15) is 24.2 Å². The second-order valence-corrected chi connectivity index (χ2v) is 8.07. The minimum absolute atomic E-state index is 0.0899. The van der Waals surface area contributed by atoms with E-state index in [1.54, 1.807) is 30.7 Å². The highest BCUT2D eigenvalue weighted by molar-refractivity contribution is 7.13. The zero-order chi connectivity index (χ0) is 20.0. The van der Waals surface area contributed by atoms with Crippen molar-refractivity contribution >= 4 is 51.3 Å². The number of furan rings is 1. The highest BCUT2D eigenvalue weighted by atomic mass is 35.5. The van der Waals surface area contributed by atoms with E-state index in [1.807, 2.05) is 6.92 Å². The Morgan fingerprint density at radius 2 is 2.11 bits per heavy atom. The molecule has 4 rings (SSSR count). The molecule has 28 heavy (non-hydrogen) atoms. The number of aromatic nitrogens is 1. The average Bonchev–Trinajstić information content (AvgIpc) is 3.27. The summed E-state index contributed by atoms with van der Waals surface area (Å²) in [6.45, 7) is 3.73. The van der Waals surface area contributed by atoms with Gasteiger partial charge in [-0.25, -0.2) is 9.37 Å². The topological polar surface area (TPSA) is 61.3 Å². The van der Waals surface area contributed by atoms with E-state index in [0.717, 1.165) is 15.8 Å². The maximum absolute atomic E-state index is 13.9. The van der Waals surface area contributed by atoms with E-state index in [-0.39, 0.29) is 16.6 Å². The molecule has 0 spiro atoms. The molecule has 0 aliphatic heterocycles.